The van der Waals surface area contributed by atoms with Gasteiger partial charge in [-0.1, -0.05) is 0 Å². The topological polar surface area (TPSA) is 73.3 Å². The zero-order chi connectivity index (χ0) is 16.9. The van der Waals surface area contributed by atoms with E-state index in [4.69, 9.17) is 9.47 Å². The van der Waals surface area contributed by atoms with E-state index < -0.39 is 0 Å². The van der Waals surface area contributed by atoms with Crippen LogP contribution >= 0.6 is 11.3 Å². The van der Waals surface area contributed by atoms with Gasteiger partial charge < -0.3 is 9.47 Å². The molecule has 0 saturated carbocycles. The molecule has 7 heteroatoms. The fraction of sp³-hybridized carbons (Fsp3) is 0.438. The van der Waals surface area contributed by atoms with Crippen LogP contribution in [0.25, 0.3) is 0 Å². The quantitative estimate of drug-likeness (QED) is 0.820. The average Bonchev–Trinajstić information content (AvgIpc) is 2.88. The Labute approximate surface area is 139 Å². The van der Waals surface area contributed by atoms with Crippen molar-refractivity contribution in [1.29, 1.82) is 0 Å². The smallest absolute Gasteiger partial charge is 0.259 e. The molecule has 1 amide bonds. The number of carbonyl (C=O) groups is 1. The highest BCUT2D eigenvalue weighted by Gasteiger charge is 2.11. The molecule has 2 heterocycles. The van der Waals surface area contributed by atoms with Crippen molar-refractivity contribution in [2.24, 2.45) is 0 Å². The van der Waals surface area contributed by atoms with Crippen molar-refractivity contribution >= 4 is 22.4 Å². The summed E-state index contributed by atoms with van der Waals surface area (Å²) in [5, 5.41) is 5.19. The molecule has 0 aliphatic heterocycles. The average molecular weight is 335 g/mol. The van der Waals surface area contributed by atoms with Crippen molar-refractivity contribution in [3.8, 4) is 5.88 Å². The largest absolute Gasteiger partial charge is 0.475 e. The van der Waals surface area contributed by atoms with E-state index >= 15 is 0 Å². The number of thiazole rings is 1. The molecule has 0 aliphatic rings. The van der Waals surface area contributed by atoms with E-state index in [2.05, 4.69) is 15.3 Å². The molecule has 23 heavy (non-hydrogen) atoms. The number of aromatic nitrogens is 2. The van der Waals surface area contributed by atoms with E-state index in [9.17, 15) is 4.79 Å². The van der Waals surface area contributed by atoms with Gasteiger partial charge in [0.25, 0.3) is 5.91 Å². The fourth-order valence-corrected chi connectivity index (χ4v) is 2.36. The first-order valence-electron chi connectivity index (χ1n) is 7.30. The maximum Gasteiger partial charge on any atom is 0.259 e. The van der Waals surface area contributed by atoms with E-state index in [1.165, 1.54) is 17.5 Å². The monoisotopic (exact) mass is 335 g/mol. The number of hydrogen-bond donors (Lipinski definition) is 1. The van der Waals surface area contributed by atoms with Crippen LogP contribution < -0.4 is 10.1 Å². The lowest BCUT2D eigenvalue weighted by Crippen LogP contribution is -2.22. The highest BCUT2D eigenvalue weighted by Crippen LogP contribution is 2.16. The first-order chi connectivity index (χ1) is 10.8. The number of pyridine rings is 1. The van der Waals surface area contributed by atoms with Crippen molar-refractivity contribution < 1.29 is 14.3 Å². The van der Waals surface area contributed by atoms with Crippen LogP contribution in [0.15, 0.2) is 23.7 Å². The summed E-state index contributed by atoms with van der Waals surface area (Å²) in [4.78, 5) is 20.4. The van der Waals surface area contributed by atoms with Crippen LogP contribution in [0, 0.1) is 6.92 Å². The van der Waals surface area contributed by atoms with Gasteiger partial charge in [-0.25, -0.2) is 9.97 Å². The van der Waals surface area contributed by atoms with Gasteiger partial charge in [0.05, 0.1) is 23.5 Å². The van der Waals surface area contributed by atoms with Crippen LogP contribution in [0.5, 0.6) is 5.88 Å². The summed E-state index contributed by atoms with van der Waals surface area (Å²) in [7, 11) is 0. The summed E-state index contributed by atoms with van der Waals surface area (Å²) < 4.78 is 11.0. The van der Waals surface area contributed by atoms with E-state index in [1.54, 1.807) is 12.1 Å². The van der Waals surface area contributed by atoms with E-state index in [0.29, 0.717) is 29.8 Å². The van der Waals surface area contributed by atoms with Gasteiger partial charge in [-0.05, 0) is 33.8 Å². The van der Waals surface area contributed by atoms with Gasteiger partial charge in [-0.3, -0.25) is 10.1 Å². The Morgan fingerprint density at radius 1 is 1.30 bits per heavy atom. The van der Waals surface area contributed by atoms with Crippen LogP contribution in [-0.2, 0) is 4.74 Å². The van der Waals surface area contributed by atoms with Gasteiger partial charge in [-0.15, -0.1) is 11.3 Å². The lowest BCUT2D eigenvalue weighted by Gasteiger charge is -2.19. The third-order valence-electron chi connectivity index (χ3n) is 2.71. The van der Waals surface area contributed by atoms with Crippen molar-refractivity contribution in [3.63, 3.8) is 0 Å². The Bertz CT molecular complexity index is 647. The predicted octanol–water partition coefficient (Wildman–Crippen LogP) is 3.29. The van der Waals surface area contributed by atoms with Crippen LogP contribution in [0.4, 0.5) is 5.13 Å². The number of aryl methyl sites for hydroxylation is 1. The summed E-state index contributed by atoms with van der Waals surface area (Å²) >= 11 is 1.39. The Kier molecular flexibility index (Phi) is 5.68. The SMILES string of the molecule is Cc1csc(NC(=O)c2ccc(OCCOC(C)(C)C)nc2)n1. The molecule has 6 nitrogen and oxygen atoms in total. The first kappa shape index (κ1) is 17.4. The lowest BCUT2D eigenvalue weighted by molar-refractivity contribution is -0.0168. The number of rotatable bonds is 6. The zero-order valence-corrected chi connectivity index (χ0v) is 14.6. The molecule has 2 aromatic heterocycles. The van der Waals surface area contributed by atoms with Gasteiger partial charge >= 0.3 is 0 Å². The van der Waals surface area contributed by atoms with Crippen LogP contribution in [0.1, 0.15) is 36.8 Å². The van der Waals surface area contributed by atoms with E-state index in [-0.39, 0.29) is 11.5 Å². The highest BCUT2D eigenvalue weighted by atomic mass is 32.1. The molecule has 0 aromatic carbocycles. The number of hydrogen-bond acceptors (Lipinski definition) is 6. The molecule has 0 fully saturated rings. The zero-order valence-electron chi connectivity index (χ0n) is 13.8. The van der Waals surface area contributed by atoms with E-state index in [1.807, 2.05) is 33.1 Å². The Hall–Kier alpha value is -1.99. The number of carbonyl (C=O) groups excluding carboxylic acids is 1. The molecule has 2 aromatic rings. The molecule has 0 aliphatic carbocycles. The molecule has 1 N–H and O–H groups in total. The summed E-state index contributed by atoms with van der Waals surface area (Å²) in [6.45, 7) is 8.74. The second-order valence-corrected chi connectivity index (χ2v) is 6.80. The normalized spacial score (nSPS) is 11.3. The van der Waals surface area contributed by atoms with Crippen molar-refractivity contribution in [1.82, 2.24) is 9.97 Å². The predicted molar refractivity (Wildman–Crippen MR) is 90.2 cm³/mol. The van der Waals surface area contributed by atoms with Gasteiger partial charge in [0.2, 0.25) is 5.88 Å². The molecule has 0 saturated heterocycles. The molecule has 0 atom stereocenters. The maximum absolute atomic E-state index is 12.1. The summed E-state index contributed by atoms with van der Waals surface area (Å²) in [6, 6.07) is 3.34. The number of amides is 1. The van der Waals surface area contributed by atoms with Crippen LogP contribution in [-0.4, -0.2) is 34.7 Å². The minimum Gasteiger partial charge on any atom is -0.475 e. The van der Waals surface area contributed by atoms with E-state index in [0.717, 1.165) is 5.69 Å². The van der Waals surface area contributed by atoms with Gasteiger partial charge in [0.1, 0.15) is 6.61 Å². The van der Waals surface area contributed by atoms with Gasteiger partial charge in [0, 0.05) is 17.6 Å². The minimum atomic E-state index is -0.241. The van der Waals surface area contributed by atoms with Crippen molar-refractivity contribution in [2.75, 3.05) is 18.5 Å². The Morgan fingerprint density at radius 3 is 2.65 bits per heavy atom. The highest BCUT2D eigenvalue weighted by molar-refractivity contribution is 7.13. The molecule has 0 spiro atoms. The molecule has 0 radical (unpaired) electrons. The Balaban J connectivity index is 1.83. The standard InChI is InChI=1S/C16H21N3O3S/c1-11-10-23-15(18-11)19-14(20)12-5-6-13(17-9-12)21-7-8-22-16(2,3)4/h5-6,9-10H,7-8H2,1-4H3,(H,18,19,20). The van der Waals surface area contributed by atoms with Gasteiger partial charge in [0.15, 0.2) is 5.13 Å². The fourth-order valence-electron chi connectivity index (χ4n) is 1.67. The second-order valence-electron chi connectivity index (χ2n) is 5.94. The summed E-state index contributed by atoms with van der Waals surface area (Å²) in [6.07, 6.45) is 1.48. The first-order valence-corrected chi connectivity index (χ1v) is 8.18. The molecule has 0 unspecified atom stereocenters. The summed E-state index contributed by atoms with van der Waals surface area (Å²) in [5.41, 5.74) is 1.15. The van der Waals surface area contributed by atoms with Gasteiger partial charge in [-0.2, -0.15) is 0 Å². The number of anilines is 1. The molecular formula is C16H21N3O3S. The van der Waals surface area contributed by atoms with Crippen molar-refractivity contribution in [2.45, 2.75) is 33.3 Å². The lowest BCUT2D eigenvalue weighted by atomic mass is 10.2. The van der Waals surface area contributed by atoms with Crippen LogP contribution in [0.3, 0.4) is 0 Å². The molecular weight excluding hydrogens is 314 g/mol. The molecule has 2 rings (SSSR count). The summed E-state index contributed by atoms with van der Waals surface area (Å²) in [5.74, 6) is 0.221. The van der Waals surface area contributed by atoms with Crippen molar-refractivity contribution in [3.05, 3.63) is 35.0 Å². The molecule has 124 valence electrons. The third kappa shape index (κ3) is 5.96. The van der Waals surface area contributed by atoms with Crippen LogP contribution in [0.2, 0.25) is 0 Å². The minimum absolute atomic E-state index is 0.188. The number of nitrogens with zero attached hydrogens (tertiary/aromatic N) is 2. The maximum atomic E-state index is 12.1. The second kappa shape index (κ2) is 7.52. The number of ether oxygens (including phenoxy) is 2. The third-order valence-corrected chi connectivity index (χ3v) is 3.58. The number of nitrogens with one attached hydrogen (secondary N) is 1. The Morgan fingerprint density at radius 2 is 2.09 bits per heavy atom. The molecule has 0 bridgehead atoms.